The summed E-state index contributed by atoms with van der Waals surface area (Å²) >= 11 is 0. The fourth-order valence-electron chi connectivity index (χ4n) is 2.41. The van der Waals surface area contributed by atoms with Crippen molar-refractivity contribution in [2.45, 2.75) is 37.6 Å². The Kier molecular flexibility index (Phi) is 3.82. The number of hydrogen-bond donors (Lipinski definition) is 1. The molecule has 2 fully saturated rings. The van der Waals surface area contributed by atoms with Gasteiger partial charge >= 0.3 is 6.03 Å². The maximum absolute atomic E-state index is 12.3. The lowest BCUT2D eigenvalue weighted by Gasteiger charge is -2.30. The fourth-order valence-corrected chi connectivity index (χ4v) is 2.41. The molecule has 0 unspecified atom stereocenters. The van der Waals surface area contributed by atoms with Crippen LogP contribution < -0.4 is 5.32 Å². The molecule has 2 aliphatic rings. The number of ether oxygens (including phenoxy) is 1. The number of nitriles is 1. The third-order valence-electron chi connectivity index (χ3n) is 3.51. The third kappa shape index (κ3) is 2.31. The minimum Gasteiger partial charge on any atom is -0.381 e. The quantitative estimate of drug-likeness (QED) is 0.591. The van der Waals surface area contributed by atoms with E-state index in [0.717, 1.165) is 0 Å². The number of urea groups is 1. The first-order chi connectivity index (χ1) is 8.69. The number of unbranched alkanes of at least 4 members (excludes halogenated alkanes) is 2. The maximum Gasteiger partial charge on any atom is 0.325 e. The Labute approximate surface area is 106 Å². The molecule has 2 saturated heterocycles. The van der Waals surface area contributed by atoms with Gasteiger partial charge in [-0.25, -0.2) is 4.79 Å². The lowest BCUT2D eigenvalue weighted by atomic mass is 9.90. The van der Waals surface area contributed by atoms with Crippen LogP contribution in [-0.2, 0) is 9.53 Å². The maximum atomic E-state index is 12.3. The van der Waals surface area contributed by atoms with E-state index in [1.807, 2.05) is 0 Å². The number of carbonyl (C=O) groups excluding carboxylic acids is 2. The topological polar surface area (TPSA) is 82.4 Å². The molecule has 0 saturated carbocycles. The van der Waals surface area contributed by atoms with Gasteiger partial charge in [-0.1, -0.05) is 0 Å². The van der Waals surface area contributed by atoms with Crippen LogP contribution in [0.15, 0.2) is 0 Å². The van der Waals surface area contributed by atoms with Gasteiger partial charge in [-0.3, -0.25) is 9.69 Å². The Bertz CT molecular complexity index is 383. The summed E-state index contributed by atoms with van der Waals surface area (Å²) in [6, 6.07) is 1.75. The molecule has 0 aliphatic carbocycles. The van der Waals surface area contributed by atoms with Crippen molar-refractivity contribution in [2.75, 3.05) is 19.8 Å². The van der Waals surface area contributed by atoms with Crippen molar-refractivity contribution in [2.24, 2.45) is 0 Å². The van der Waals surface area contributed by atoms with E-state index in [2.05, 4.69) is 11.4 Å². The number of rotatable bonds is 4. The molecular weight excluding hydrogens is 234 g/mol. The van der Waals surface area contributed by atoms with E-state index < -0.39 is 5.54 Å². The average Bonchev–Trinajstić information content (AvgIpc) is 2.59. The molecule has 1 N–H and O–H groups in total. The summed E-state index contributed by atoms with van der Waals surface area (Å²) in [5.41, 5.74) is -0.732. The lowest BCUT2D eigenvalue weighted by molar-refractivity contribution is -0.134. The SMILES string of the molecule is N#CCCCCN1C(=O)NC2(CCOCC2)C1=O. The van der Waals surface area contributed by atoms with Gasteiger partial charge in [0.25, 0.3) is 5.91 Å². The largest absolute Gasteiger partial charge is 0.381 e. The van der Waals surface area contributed by atoms with Crippen LogP contribution in [0.4, 0.5) is 4.79 Å². The highest BCUT2D eigenvalue weighted by atomic mass is 16.5. The van der Waals surface area contributed by atoms with Gasteiger partial charge in [-0.15, -0.1) is 0 Å². The van der Waals surface area contributed by atoms with Crippen LogP contribution >= 0.6 is 0 Å². The van der Waals surface area contributed by atoms with Crippen molar-refractivity contribution >= 4 is 11.9 Å². The van der Waals surface area contributed by atoms with E-state index in [1.54, 1.807) is 0 Å². The third-order valence-corrected chi connectivity index (χ3v) is 3.51. The highest BCUT2D eigenvalue weighted by Gasteiger charge is 2.51. The summed E-state index contributed by atoms with van der Waals surface area (Å²) in [6.07, 6.45) is 2.95. The Balaban J connectivity index is 1.94. The summed E-state index contributed by atoms with van der Waals surface area (Å²) in [5, 5.41) is 11.2. The van der Waals surface area contributed by atoms with Crippen LogP contribution in [0.5, 0.6) is 0 Å². The second kappa shape index (κ2) is 5.36. The highest BCUT2D eigenvalue weighted by molar-refractivity contribution is 6.07. The molecule has 3 amide bonds. The predicted molar refractivity (Wildman–Crippen MR) is 62.5 cm³/mol. The Hall–Kier alpha value is -1.61. The van der Waals surface area contributed by atoms with Crippen LogP contribution in [0.1, 0.15) is 32.1 Å². The lowest BCUT2D eigenvalue weighted by Crippen LogP contribution is -2.51. The van der Waals surface area contributed by atoms with Crippen LogP contribution in [0.3, 0.4) is 0 Å². The first-order valence-electron chi connectivity index (χ1n) is 6.28. The molecule has 0 bridgehead atoms. The van der Waals surface area contributed by atoms with E-state index in [1.165, 1.54) is 4.90 Å². The molecule has 0 aromatic carbocycles. The number of nitrogens with zero attached hydrogens (tertiary/aromatic N) is 2. The van der Waals surface area contributed by atoms with Gasteiger partial charge in [-0.2, -0.15) is 5.26 Å². The van der Waals surface area contributed by atoms with Crippen molar-refractivity contribution in [3.8, 4) is 6.07 Å². The minimum absolute atomic E-state index is 0.132. The molecular formula is C12H17N3O3. The number of imide groups is 1. The van der Waals surface area contributed by atoms with E-state index in [-0.39, 0.29) is 11.9 Å². The van der Waals surface area contributed by atoms with Gasteiger partial charge in [-0.05, 0) is 12.8 Å². The molecule has 98 valence electrons. The summed E-state index contributed by atoms with van der Waals surface area (Å²) in [6.45, 7) is 1.41. The molecule has 6 heteroatoms. The summed E-state index contributed by atoms with van der Waals surface area (Å²) in [5.74, 6) is -0.132. The monoisotopic (exact) mass is 251 g/mol. The highest BCUT2D eigenvalue weighted by Crippen LogP contribution is 2.28. The zero-order valence-electron chi connectivity index (χ0n) is 10.3. The van der Waals surface area contributed by atoms with Crippen LogP contribution in [0, 0.1) is 11.3 Å². The van der Waals surface area contributed by atoms with Crippen molar-refractivity contribution in [3.63, 3.8) is 0 Å². The van der Waals surface area contributed by atoms with Gasteiger partial charge < -0.3 is 10.1 Å². The summed E-state index contributed by atoms with van der Waals surface area (Å²) in [4.78, 5) is 25.4. The number of carbonyl (C=O) groups is 2. The van der Waals surface area contributed by atoms with Crippen molar-refractivity contribution in [3.05, 3.63) is 0 Å². The molecule has 0 aromatic heterocycles. The van der Waals surface area contributed by atoms with E-state index >= 15 is 0 Å². The molecule has 18 heavy (non-hydrogen) atoms. The van der Waals surface area contributed by atoms with Crippen molar-refractivity contribution in [1.82, 2.24) is 10.2 Å². The standard InChI is InChI=1S/C12H17N3O3/c13-6-2-1-3-7-15-10(16)12(14-11(15)17)4-8-18-9-5-12/h1-5,7-9H2,(H,14,17). The van der Waals surface area contributed by atoms with Crippen LogP contribution in [0.2, 0.25) is 0 Å². The van der Waals surface area contributed by atoms with Gasteiger partial charge in [0.05, 0.1) is 6.07 Å². The van der Waals surface area contributed by atoms with Gasteiger partial charge in [0, 0.05) is 39.0 Å². The zero-order valence-corrected chi connectivity index (χ0v) is 10.3. The van der Waals surface area contributed by atoms with Crippen LogP contribution in [0.25, 0.3) is 0 Å². The van der Waals surface area contributed by atoms with E-state index in [9.17, 15) is 9.59 Å². The Morgan fingerprint density at radius 1 is 1.33 bits per heavy atom. The molecule has 0 atom stereocenters. The van der Waals surface area contributed by atoms with Gasteiger partial charge in [0.1, 0.15) is 5.54 Å². The van der Waals surface area contributed by atoms with E-state index in [0.29, 0.717) is 51.9 Å². The molecule has 2 rings (SSSR count). The predicted octanol–water partition coefficient (Wildman–Crippen LogP) is 0.781. The first-order valence-corrected chi connectivity index (χ1v) is 6.28. The molecule has 0 radical (unpaired) electrons. The Morgan fingerprint density at radius 2 is 2.06 bits per heavy atom. The molecule has 2 aliphatic heterocycles. The molecule has 1 spiro atoms. The van der Waals surface area contributed by atoms with Crippen molar-refractivity contribution in [1.29, 1.82) is 5.26 Å². The summed E-state index contributed by atoms with van der Waals surface area (Å²) < 4.78 is 5.23. The van der Waals surface area contributed by atoms with E-state index in [4.69, 9.17) is 10.00 Å². The Morgan fingerprint density at radius 3 is 2.72 bits per heavy atom. The molecule has 6 nitrogen and oxygen atoms in total. The van der Waals surface area contributed by atoms with Crippen molar-refractivity contribution < 1.29 is 14.3 Å². The second-order valence-electron chi connectivity index (χ2n) is 4.70. The first kappa shape index (κ1) is 12.8. The van der Waals surface area contributed by atoms with Gasteiger partial charge in [0.2, 0.25) is 0 Å². The number of amides is 3. The zero-order chi connectivity index (χ0) is 13.0. The fraction of sp³-hybridized carbons (Fsp3) is 0.750. The minimum atomic E-state index is -0.732. The summed E-state index contributed by atoms with van der Waals surface area (Å²) in [7, 11) is 0. The second-order valence-corrected chi connectivity index (χ2v) is 4.70. The number of nitrogens with one attached hydrogen (secondary N) is 1. The normalized spacial score (nSPS) is 22.1. The van der Waals surface area contributed by atoms with Crippen LogP contribution in [-0.4, -0.2) is 42.1 Å². The smallest absolute Gasteiger partial charge is 0.325 e. The number of hydrogen-bond acceptors (Lipinski definition) is 4. The average molecular weight is 251 g/mol. The molecule has 2 heterocycles. The van der Waals surface area contributed by atoms with Gasteiger partial charge in [0.15, 0.2) is 0 Å². The molecule has 0 aromatic rings.